The Balaban J connectivity index is 1.70. The number of carbonyl (C=O) groups excluding carboxylic acids is 2. The Labute approximate surface area is 121 Å². The highest BCUT2D eigenvalue weighted by molar-refractivity contribution is 5.87. The molecule has 2 heteroatoms. The lowest BCUT2D eigenvalue weighted by molar-refractivity contribution is -0.128. The topological polar surface area (TPSA) is 34.1 Å². The van der Waals surface area contributed by atoms with Crippen molar-refractivity contribution in [2.45, 2.75) is 64.7 Å². The van der Waals surface area contributed by atoms with E-state index in [9.17, 15) is 9.59 Å². The Hall–Kier alpha value is -0.920. The molecule has 20 heavy (non-hydrogen) atoms. The van der Waals surface area contributed by atoms with Gasteiger partial charge >= 0.3 is 0 Å². The van der Waals surface area contributed by atoms with Crippen LogP contribution in [0.3, 0.4) is 0 Å². The number of allylic oxidation sites excluding steroid dienone is 2. The Morgan fingerprint density at radius 2 is 1.80 bits per heavy atom. The fourth-order valence-corrected chi connectivity index (χ4v) is 5.72. The SMILES string of the molecule is C[C@]12CCC3=C4CCC(=O)CC4CC[C@H]3[C@@H]1CCC2=O. The summed E-state index contributed by atoms with van der Waals surface area (Å²) in [5, 5.41) is 0. The van der Waals surface area contributed by atoms with E-state index in [1.807, 2.05) is 0 Å². The summed E-state index contributed by atoms with van der Waals surface area (Å²) in [6, 6.07) is 0. The van der Waals surface area contributed by atoms with Gasteiger partial charge in [0, 0.05) is 24.7 Å². The molecule has 0 amide bonds. The standard InChI is InChI=1S/C18H24O2/c1-18-9-8-14-13-5-3-12(19)10-11(13)2-4-15(14)16(18)6-7-17(18)20/h11,15-16H,2-10H2,1H3/t11?,15-,16+,18+/m1/s1. The fourth-order valence-electron chi connectivity index (χ4n) is 5.72. The van der Waals surface area contributed by atoms with Gasteiger partial charge in [-0.15, -0.1) is 0 Å². The normalized spacial score (nSPS) is 44.1. The molecule has 0 radical (unpaired) electrons. The molecule has 0 aromatic rings. The molecule has 3 fully saturated rings. The monoisotopic (exact) mass is 272 g/mol. The second-order valence-electron chi connectivity index (χ2n) is 7.66. The summed E-state index contributed by atoms with van der Waals surface area (Å²) in [5.74, 6) is 2.82. The molecule has 0 bridgehead atoms. The number of rotatable bonds is 0. The smallest absolute Gasteiger partial charge is 0.139 e. The van der Waals surface area contributed by atoms with E-state index in [-0.39, 0.29) is 5.41 Å². The molecule has 0 heterocycles. The van der Waals surface area contributed by atoms with Crippen molar-refractivity contribution in [1.82, 2.24) is 0 Å². The predicted molar refractivity (Wildman–Crippen MR) is 77.2 cm³/mol. The number of hydrogen-bond acceptors (Lipinski definition) is 2. The lowest BCUT2D eigenvalue weighted by Gasteiger charge is -2.47. The van der Waals surface area contributed by atoms with Crippen LogP contribution in [-0.4, -0.2) is 11.6 Å². The summed E-state index contributed by atoms with van der Waals surface area (Å²) in [6.07, 6.45) is 9.11. The minimum Gasteiger partial charge on any atom is -0.300 e. The van der Waals surface area contributed by atoms with Crippen molar-refractivity contribution >= 4 is 11.6 Å². The molecule has 1 unspecified atom stereocenters. The van der Waals surface area contributed by atoms with Crippen LogP contribution in [0.4, 0.5) is 0 Å². The van der Waals surface area contributed by atoms with E-state index in [1.54, 1.807) is 11.1 Å². The van der Waals surface area contributed by atoms with Gasteiger partial charge in [-0.1, -0.05) is 18.1 Å². The Kier molecular flexibility index (Phi) is 2.74. The molecule has 108 valence electrons. The van der Waals surface area contributed by atoms with Crippen molar-refractivity contribution in [2.24, 2.45) is 23.2 Å². The van der Waals surface area contributed by atoms with E-state index in [2.05, 4.69) is 6.92 Å². The van der Waals surface area contributed by atoms with E-state index in [4.69, 9.17) is 0 Å². The van der Waals surface area contributed by atoms with Crippen molar-refractivity contribution < 1.29 is 9.59 Å². The second kappa shape index (κ2) is 4.29. The summed E-state index contributed by atoms with van der Waals surface area (Å²) >= 11 is 0. The van der Waals surface area contributed by atoms with Gasteiger partial charge in [0.15, 0.2) is 0 Å². The number of carbonyl (C=O) groups is 2. The maximum atomic E-state index is 12.3. The third kappa shape index (κ3) is 1.63. The summed E-state index contributed by atoms with van der Waals surface area (Å²) in [4.78, 5) is 24.0. The highest BCUT2D eigenvalue weighted by Crippen LogP contribution is 2.58. The number of fused-ring (bicyclic) bond motifs is 4. The summed E-state index contributed by atoms with van der Waals surface area (Å²) in [5.41, 5.74) is 3.31. The molecule has 0 aromatic carbocycles. The lowest BCUT2D eigenvalue weighted by atomic mass is 9.56. The van der Waals surface area contributed by atoms with Crippen LogP contribution >= 0.6 is 0 Å². The largest absolute Gasteiger partial charge is 0.300 e. The third-order valence-electron chi connectivity index (χ3n) is 6.86. The van der Waals surface area contributed by atoms with Crippen molar-refractivity contribution in [3.05, 3.63) is 11.1 Å². The van der Waals surface area contributed by atoms with Crippen LogP contribution in [-0.2, 0) is 9.59 Å². The Morgan fingerprint density at radius 3 is 2.65 bits per heavy atom. The van der Waals surface area contributed by atoms with E-state index >= 15 is 0 Å². The van der Waals surface area contributed by atoms with Crippen molar-refractivity contribution in [3.63, 3.8) is 0 Å². The van der Waals surface area contributed by atoms with Gasteiger partial charge in [-0.2, -0.15) is 0 Å². The minimum atomic E-state index is -0.0218. The second-order valence-corrected chi connectivity index (χ2v) is 7.66. The zero-order chi connectivity index (χ0) is 13.9. The van der Waals surface area contributed by atoms with Crippen LogP contribution in [0.1, 0.15) is 64.7 Å². The summed E-state index contributed by atoms with van der Waals surface area (Å²) in [6.45, 7) is 2.23. The van der Waals surface area contributed by atoms with E-state index in [0.717, 1.165) is 44.9 Å². The molecule has 0 saturated heterocycles. The lowest BCUT2D eigenvalue weighted by Crippen LogP contribution is -2.41. The van der Waals surface area contributed by atoms with Crippen LogP contribution in [0, 0.1) is 23.2 Å². The minimum absolute atomic E-state index is 0.0218. The number of hydrogen-bond donors (Lipinski definition) is 0. The van der Waals surface area contributed by atoms with Gasteiger partial charge in [-0.25, -0.2) is 0 Å². The van der Waals surface area contributed by atoms with Gasteiger partial charge in [-0.3, -0.25) is 9.59 Å². The van der Waals surface area contributed by atoms with Crippen LogP contribution < -0.4 is 0 Å². The molecule has 4 aliphatic rings. The summed E-state index contributed by atoms with van der Waals surface area (Å²) < 4.78 is 0. The number of ketones is 2. The zero-order valence-electron chi connectivity index (χ0n) is 12.4. The van der Waals surface area contributed by atoms with Gasteiger partial charge in [0.2, 0.25) is 0 Å². The van der Waals surface area contributed by atoms with Crippen molar-refractivity contribution in [2.75, 3.05) is 0 Å². The molecule has 0 spiro atoms. The fraction of sp³-hybridized carbons (Fsp3) is 0.778. The molecule has 2 nitrogen and oxygen atoms in total. The maximum Gasteiger partial charge on any atom is 0.139 e. The van der Waals surface area contributed by atoms with E-state index < -0.39 is 0 Å². The van der Waals surface area contributed by atoms with Crippen molar-refractivity contribution in [3.8, 4) is 0 Å². The molecular formula is C18H24O2. The zero-order valence-corrected chi connectivity index (χ0v) is 12.4. The first-order valence-electron chi connectivity index (χ1n) is 8.36. The van der Waals surface area contributed by atoms with Gasteiger partial charge < -0.3 is 0 Å². The molecular weight excluding hydrogens is 248 g/mol. The molecule has 4 rings (SSSR count). The molecule has 0 aromatic heterocycles. The molecule has 0 aliphatic heterocycles. The highest BCUT2D eigenvalue weighted by Gasteiger charge is 2.53. The van der Waals surface area contributed by atoms with E-state index in [1.165, 1.54) is 12.8 Å². The molecule has 4 atom stereocenters. The quantitative estimate of drug-likeness (QED) is 0.628. The first-order chi connectivity index (χ1) is 9.59. The van der Waals surface area contributed by atoms with Crippen LogP contribution in [0.25, 0.3) is 0 Å². The maximum absolute atomic E-state index is 12.3. The molecule has 4 aliphatic carbocycles. The highest BCUT2D eigenvalue weighted by atomic mass is 16.1. The Bertz CT molecular complexity index is 516. The van der Waals surface area contributed by atoms with Crippen LogP contribution in [0.5, 0.6) is 0 Å². The first-order valence-corrected chi connectivity index (χ1v) is 8.36. The molecule has 3 saturated carbocycles. The van der Waals surface area contributed by atoms with Gasteiger partial charge in [0.1, 0.15) is 11.6 Å². The van der Waals surface area contributed by atoms with Crippen LogP contribution in [0.2, 0.25) is 0 Å². The third-order valence-corrected chi connectivity index (χ3v) is 6.86. The number of Topliss-reactive ketones (excluding diaryl/α,β-unsaturated/α-hetero) is 2. The average molecular weight is 272 g/mol. The van der Waals surface area contributed by atoms with Gasteiger partial charge in [-0.05, 0) is 56.3 Å². The summed E-state index contributed by atoms with van der Waals surface area (Å²) in [7, 11) is 0. The van der Waals surface area contributed by atoms with Gasteiger partial charge in [0.25, 0.3) is 0 Å². The first kappa shape index (κ1) is 12.8. The Morgan fingerprint density at radius 1 is 0.950 bits per heavy atom. The van der Waals surface area contributed by atoms with Crippen molar-refractivity contribution in [1.29, 1.82) is 0 Å². The average Bonchev–Trinajstić information content (AvgIpc) is 2.74. The van der Waals surface area contributed by atoms with Gasteiger partial charge in [0.05, 0.1) is 0 Å². The molecule has 0 N–H and O–H groups in total. The van der Waals surface area contributed by atoms with Crippen LogP contribution in [0.15, 0.2) is 11.1 Å². The predicted octanol–water partition coefficient (Wildman–Crippen LogP) is 3.84. The van der Waals surface area contributed by atoms with E-state index in [0.29, 0.717) is 29.3 Å².